The summed E-state index contributed by atoms with van der Waals surface area (Å²) < 4.78 is 5.41. The van der Waals surface area contributed by atoms with Gasteiger partial charge in [0.05, 0.1) is 7.11 Å². The van der Waals surface area contributed by atoms with Gasteiger partial charge in [0, 0.05) is 23.5 Å². The maximum Gasteiger partial charge on any atom is 0.251 e. The molecule has 5 rings (SSSR count). The monoisotopic (exact) mass is 310 g/mol. The minimum atomic E-state index is 0.0246. The second-order valence-corrected chi connectivity index (χ2v) is 6.61. The number of piperidine rings is 3. The third-order valence-corrected chi connectivity index (χ3v) is 5.30. The first-order valence-electron chi connectivity index (χ1n) is 8.34. The van der Waals surface area contributed by atoms with Crippen LogP contribution in [0.2, 0.25) is 0 Å². The van der Waals surface area contributed by atoms with Crippen molar-refractivity contribution in [3.63, 3.8) is 0 Å². The Morgan fingerprint density at radius 1 is 1.22 bits per heavy atom. The lowest BCUT2D eigenvalue weighted by Gasteiger charge is -2.44. The normalized spacial score (nSPS) is 26.2. The summed E-state index contributed by atoms with van der Waals surface area (Å²) in [5, 5.41) is 5.32. The quantitative estimate of drug-likeness (QED) is 0.947. The van der Waals surface area contributed by atoms with Gasteiger partial charge in [0.15, 0.2) is 0 Å². The first kappa shape index (κ1) is 14.5. The van der Waals surface area contributed by atoms with Crippen molar-refractivity contribution in [1.82, 2.24) is 10.2 Å². The zero-order valence-corrected chi connectivity index (χ0v) is 13.4. The fraction of sp³-hybridized carbons (Fsp3) is 0.421. The molecule has 3 heterocycles. The maximum atomic E-state index is 12.7. The number of hydrogen-bond donors (Lipinski definition) is 1. The molecule has 2 aromatic rings. The molecule has 120 valence electrons. The summed E-state index contributed by atoms with van der Waals surface area (Å²) in [5.74, 6) is 1.47. The minimum absolute atomic E-state index is 0.0246. The highest BCUT2D eigenvalue weighted by atomic mass is 16.5. The topological polar surface area (TPSA) is 41.6 Å². The Labute approximate surface area is 136 Å². The lowest BCUT2D eigenvalue weighted by molar-refractivity contribution is 0.0620. The van der Waals surface area contributed by atoms with Gasteiger partial charge >= 0.3 is 0 Å². The molecule has 1 N–H and O–H groups in total. The van der Waals surface area contributed by atoms with Gasteiger partial charge in [-0.15, -0.1) is 0 Å². The van der Waals surface area contributed by atoms with Crippen molar-refractivity contribution in [1.29, 1.82) is 0 Å². The number of hydrogen-bond acceptors (Lipinski definition) is 3. The molecule has 3 fully saturated rings. The summed E-state index contributed by atoms with van der Waals surface area (Å²) in [5.41, 5.74) is 0.707. The van der Waals surface area contributed by atoms with Gasteiger partial charge in [-0.1, -0.05) is 18.2 Å². The van der Waals surface area contributed by atoms with E-state index in [1.165, 1.54) is 25.9 Å². The average Bonchev–Trinajstić information content (AvgIpc) is 2.61. The smallest absolute Gasteiger partial charge is 0.251 e. The van der Waals surface area contributed by atoms with Gasteiger partial charge in [-0.3, -0.25) is 4.79 Å². The zero-order valence-electron chi connectivity index (χ0n) is 13.4. The van der Waals surface area contributed by atoms with Crippen molar-refractivity contribution in [2.45, 2.75) is 18.9 Å². The van der Waals surface area contributed by atoms with Gasteiger partial charge in [-0.25, -0.2) is 0 Å². The number of methoxy groups -OCH3 is 1. The Bertz CT molecular complexity index is 735. The van der Waals surface area contributed by atoms with Crippen LogP contribution < -0.4 is 10.1 Å². The summed E-state index contributed by atoms with van der Waals surface area (Å²) in [7, 11) is 1.66. The molecule has 0 saturated carbocycles. The number of carbonyl (C=O) groups is 1. The van der Waals surface area contributed by atoms with Crippen LogP contribution >= 0.6 is 0 Å². The second-order valence-electron chi connectivity index (χ2n) is 6.61. The van der Waals surface area contributed by atoms with E-state index in [0.717, 1.165) is 23.1 Å². The van der Waals surface area contributed by atoms with E-state index >= 15 is 0 Å². The van der Waals surface area contributed by atoms with E-state index < -0.39 is 0 Å². The molecule has 0 radical (unpaired) electrons. The number of benzene rings is 2. The van der Waals surface area contributed by atoms with Gasteiger partial charge in [0.1, 0.15) is 5.75 Å². The third-order valence-electron chi connectivity index (χ3n) is 5.30. The Morgan fingerprint density at radius 2 is 2.04 bits per heavy atom. The number of carbonyl (C=O) groups excluding carboxylic acids is 1. The molecule has 0 aliphatic carbocycles. The predicted octanol–water partition coefficient (Wildman–Crippen LogP) is 2.67. The molecule has 3 saturated heterocycles. The average molecular weight is 310 g/mol. The number of amides is 1. The molecule has 4 heteroatoms. The highest BCUT2D eigenvalue weighted by molar-refractivity contribution is 6.00. The third kappa shape index (κ3) is 2.68. The van der Waals surface area contributed by atoms with Crippen molar-refractivity contribution in [3.8, 4) is 5.75 Å². The van der Waals surface area contributed by atoms with Crippen molar-refractivity contribution < 1.29 is 9.53 Å². The molecule has 2 bridgehead atoms. The predicted molar refractivity (Wildman–Crippen MR) is 90.9 cm³/mol. The fourth-order valence-corrected chi connectivity index (χ4v) is 3.94. The molecular formula is C19H22N2O2. The molecule has 0 spiro atoms. The van der Waals surface area contributed by atoms with E-state index in [9.17, 15) is 4.79 Å². The molecule has 3 aliphatic heterocycles. The van der Waals surface area contributed by atoms with E-state index in [-0.39, 0.29) is 5.91 Å². The largest absolute Gasteiger partial charge is 0.496 e. The first-order chi connectivity index (χ1) is 11.2. The molecule has 0 aromatic heterocycles. The van der Waals surface area contributed by atoms with Gasteiger partial charge in [0.2, 0.25) is 0 Å². The molecule has 23 heavy (non-hydrogen) atoms. The maximum absolute atomic E-state index is 12.7. The minimum Gasteiger partial charge on any atom is -0.496 e. The van der Waals surface area contributed by atoms with Gasteiger partial charge in [-0.2, -0.15) is 0 Å². The molecule has 1 amide bonds. The Kier molecular flexibility index (Phi) is 3.69. The fourth-order valence-electron chi connectivity index (χ4n) is 3.94. The SMILES string of the molecule is COc1cccc2ccc(C(=O)N[C@H]3CN4CCC3CC4)cc12. The van der Waals surface area contributed by atoms with Crippen LogP contribution in [0.15, 0.2) is 36.4 Å². The number of fused-ring (bicyclic) bond motifs is 4. The molecular weight excluding hydrogens is 288 g/mol. The molecule has 3 aliphatic rings. The summed E-state index contributed by atoms with van der Waals surface area (Å²) in [4.78, 5) is 15.1. The van der Waals surface area contributed by atoms with Crippen LogP contribution in [0.3, 0.4) is 0 Å². The highest BCUT2D eigenvalue weighted by Crippen LogP contribution is 2.29. The second kappa shape index (κ2) is 5.85. The number of ether oxygens (including phenoxy) is 1. The Balaban J connectivity index is 1.57. The standard InChI is InChI=1S/C19H22N2O2/c1-23-18-4-2-3-13-5-6-15(11-16(13)18)19(22)20-17-12-21-9-7-14(17)8-10-21/h2-6,11,14,17H,7-10,12H2,1H3,(H,20,22)/t17-/m0/s1. The van der Waals surface area contributed by atoms with E-state index in [0.29, 0.717) is 17.5 Å². The zero-order chi connectivity index (χ0) is 15.8. The molecule has 0 unspecified atom stereocenters. The summed E-state index contributed by atoms with van der Waals surface area (Å²) in [6.45, 7) is 3.36. The van der Waals surface area contributed by atoms with E-state index in [2.05, 4.69) is 10.2 Å². The van der Waals surface area contributed by atoms with E-state index in [1.807, 2.05) is 36.4 Å². The summed E-state index contributed by atoms with van der Waals surface area (Å²) in [6.07, 6.45) is 2.41. The first-order valence-corrected chi connectivity index (χ1v) is 8.34. The van der Waals surface area contributed by atoms with Crippen LogP contribution in [-0.4, -0.2) is 43.6 Å². The number of rotatable bonds is 3. The lowest BCUT2D eigenvalue weighted by atomic mass is 9.84. The van der Waals surface area contributed by atoms with Crippen molar-refractivity contribution in [3.05, 3.63) is 42.0 Å². The number of nitrogens with zero attached hydrogens (tertiary/aromatic N) is 1. The van der Waals surface area contributed by atoms with Gasteiger partial charge in [-0.05, 0) is 55.4 Å². The van der Waals surface area contributed by atoms with Gasteiger partial charge < -0.3 is 15.0 Å². The van der Waals surface area contributed by atoms with Crippen molar-refractivity contribution in [2.75, 3.05) is 26.7 Å². The van der Waals surface area contributed by atoms with Crippen LogP contribution in [0.1, 0.15) is 23.2 Å². The van der Waals surface area contributed by atoms with Crippen LogP contribution in [0.4, 0.5) is 0 Å². The number of nitrogens with one attached hydrogen (secondary N) is 1. The molecule has 4 nitrogen and oxygen atoms in total. The van der Waals surface area contributed by atoms with Crippen LogP contribution in [0.25, 0.3) is 10.8 Å². The Morgan fingerprint density at radius 3 is 2.74 bits per heavy atom. The van der Waals surface area contributed by atoms with Crippen LogP contribution in [-0.2, 0) is 0 Å². The molecule has 2 aromatic carbocycles. The molecule has 1 atom stereocenters. The summed E-state index contributed by atoms with van der Waals surface area (Å²) >= 11 is 0. The van der Waals surface area contributed by atoms with Crippen molar-refractivity contribution >= 4 is 16.7 Å². The van der Waals surface area contributed by atoms with Gasteiger partial charge in [0.25, 0.3) is 5.91 Å². The highest BCUT2D eigenvalue weighted by Gasteiger charge is 2.34. The van der Waals surface area contributed by atoms with Crippen molar-refractivity contribution in [2.24, 2.45) is 5.92 Å². The van der Waals surface area contributed by atoms with E-state index in [4.69, 9.17) is 4.74 Å². The Hall–Kier alpha value is -2.07. The summed E-state index contributed by atoms with van der Waals surface area (Å²) in [6, 6.07) is 12.0. The van der Waals surface area contributed by atoms with Crippen LogP contribution in [0, 0.1) is 5.92 Å². The van der Waals surface area contributed by atoms with E-state index in [1.54, 1.807) is 7.11 Å². The lowest BCUT2D eigenvalue weighted by Crippen LogP contribution is -2.57. The van der Waals surface area contributed by atoms with Crippen LogP contribution in [0.5, 0.6) is 5.75 Å².